The summed E-state index contributed by atoms with van der Waals surface area (Å²) in [6.45, 7) is 4.34. The number of H-pyrrole nitrogens is 1. The number of para-hydroxylation sites is 1. The Morgan fingerprint density at radius 1 is 1.39 bits per heavy atom. The van der Waals surface area contributed by atoms with Crippen molar-refractivity contribution in [1.29, 1.82) is 0 Å². The summed E-state index contributed by atoms with van der Waals surface area (Å²) in [4.78, 5) is 3.16. The molecule has 1 N–H and O–H groups in total. The number of benzene rings is 1. The topological polar surface area (TPSA) is 29.9 Å². The van der Waals surface area contributed by atoms with Crippen molar-refractivity contribution in [2.24, 2.45) is 0 Å². The van der Waals surface area contributed by atoms with Crippen LogP contribution in [0.2, 0.25) is 5.02 Å². The van der Waals surface area contributed by atoms with Crippen LogP contribution in [0.4, 0.5) is 0 Å². The van der Waals surface area contributed by atoms with Crippen LogP contribution in [0.3, 0.4) is 0 Å². The number of nitrogens with one attached hydrogen (secondary N) is 1. The number of rotatable bonds is 6. The molecule has 0 saturated carbocycles. The monoisotopic (exact) mass is 284 g/mol. The van der Waals surface area contributed by atoms with E-state index in [2.05, 4.69) is 11.9 Å². The predicted octanol–water partition coefficient (Wildman–Crippen LogP) is 4.17. The molecule has 0 bridgehead atoms. The summed E-state index contributed by atoms with van der Waals surface area (Å²) >= 11 is 11.5. The van der Waals surface area contributed by atoms with Crippen LogP contribution in [0.25, 0.3) is 11.0 Å². The molecule has 0 spiro atoms. The second-order valence-corrected chi connectivity index (χ2v) is 4.98. The van der Waals surface area contributed by atoms with Crippen molar-refractivity contribution < 1.29 is 4.74 Å². The minimum Gasteiger partial charge on any atom is -0.380 e. The minimum atomic E-state index is 0.659. The van der Waals surface area contributed by atoms with Gasteiger partial charge in [0.05, 0.1) is 22.7 Å². The summed E-state index contributed by atoms with van der Waals surface area (Å²) in [5.41, 5.74) is 1.93. The average Bonchev–Trinajstić information content (AvgIpc) is 2.67. The largest absolute Gasteiger partial charge is 0.380 e. The second-order valence-electron chi connectivity index (χ2n) is 4.18. The molecule has 18 heavy (non-hydrogen) atoms. The third kappa shape index (κ3) is 2.94. The fraction of sp³-hybridized carbons (Fsp3) is 0.462. The number of unbranched alkanes of at least 4 members (excludes halogenated alkanes) is 1. The first-order valence-corrected chi connectivity index (χ1v) is 6.97. The lowest BCUT2D eigenvalue weighted by atomic mass is 10.3. The summed E-state index contributed by atoms with van der Waals surface area (Å²) in [5.74, 6) is 0. The number of ether oxygens (including phenoxy) is 1. The Morgan fingerprint density at radius 3 is 3.00 bits per heavy atom. The van der Waals surface area contributed by atoms with Gasteiger partial charge in [-0.3, -0.25) is 0 Å². The van der Waals surface area contributed by atoms with E-state index >= 15 is 0 Å². The summed E-state index contributed by atoms with van der Waals surface area (Å²) in [6.07, 6.45) is 2.25. The summed E-state index contributed by atoms with van der Waals surface area (Å²) in [6, 6.07) is 5.77. The van der Waals surface area contributed by atoms with Crippen molar-refractivity contribution >= 4 is 34.9 Å². The van der Waals surface area contributed by atoms with Crippen LogP contribution in [-0.4, -0.2) is 22.8 Å². The lowest BCUT2D eigenvalue weighted by Crippen LogP contribution is -2.07. The third-order valence-corrected chi connectivity index (χ3v) is 3.47. The smallest absolute Gasteiger partial charge is 0.178 e. The van der Waals surface area contributed by atoms with Crippen LogP contribution >= 0.6 is 23.8 Å². The summed E-state index contributed by atoms with van der Waals surface area (Å²) in [7, 11) is 0. The molecule has 0 aliphatic rings. The maximum absolute atomic E-state index is 6.21. The number of hydrogen-bond acceptors (Lipinski definition) is 2. The van der Waals surface area contributed by atoms with Crippen molar-refractivity contribution in [3.8, 4) is 0 Å². The molecule has 2 aromatic rings. The molecule has 0 unspecified atom stereocenters. The van der Waals surface area contributed by atoms with E-state index < -0.39 is 0 Å². The number of nitrogens with zero attached hydrogens (tertiary/aromatic N) is 1. The molecule has 0 aliphatic heterocycles. The Hall–Kier alpha value is -0.840. The number of aromatic nitrogens is 2. The molecule has 1 heterocycles. The van der Waals surface area contributed by atoms with Crippen LogP contribution in [-0.2, 0) is 11.3 Å². The van der Waals surface area contributed by atoms with E-state index in [-0.39, 0.29) is 0 Å². The van der Waals surface area contributed by atoms with Crippen molar-refractivity contribution in [3.05, 3.63) is 28.0 Å². The number of fused-ring (bicyclic) bond motifs is 1. The highest BCUT2D eigenvalue weighted by Gasteiger charge is 2.07. The number of halogens is 1. The first-order valence-electron chi connectivity index (χ1n) is 6.19. The normalized spacial score (nSPS) is 11.2. The van der Waals surface area contributed by atoms with Crippen LogP contribution in [0.5, 0.6) is 0 Å². The van der Waals surface area contributed by atoms with E-state index in [1.807, 2.05) is 22.8 Å². The molecule has 0 aliphatic carbocycles. The SMILES string of the molecule is CCCCOCCn1c(=S)[nH]c2cccc(Cl)c21. The van der Waals surface area contributed by atoms with Gasteiger partial charge in [0.15, 0.2) is 4.77 Å². The Balaban J connectivity index is 2.12. The summed E-state index contributed by atoms with van der Waals surface area (Å²) in [5, 5.41) is 0.716. The van der Waals surface area contributed by atoms with Crippen molar-refractivity contribution in [3.63, 3.8) is 0 Å². The van der Waals surface area contributed by atoms with E-state index in [4.69, 9.17) is 28.6 Å². The average molecular weight is 285 g/mol. The van der Waals surface area contributed by atoms with E-state index in [0.29, 0.717) is 16.4 Å². The Bertz CT molecular complexity index is 576. The molecule has 0 amide bonds. The van der Waals surface area contributed by atoms with Crippen LogP contribution in [0.15, 0.2) is 18.2 Å². The van der Waals surface area contributed by atoms with E-state index in [1.165, 1.54) is 0 Å². The first kappa shape index (κ1) is 13.6. The molecule has 3 nitrogen and oxygen atoms in total. The van der Waals surface area contributed by atoms with E-state index in [0.717, 1.165) is 37.0 Å². The standard InChI is InChI=1S/C13H17ClN2OS/c1-2-3-8-17-9-7-16-12-10(14)5-4-6-11(12)15-13(16)18/h4-6H,2-3,7-9H2,1H3,(H,15,18). The van der Waals surface area contributed by atoms with Gasteiger partial charge >= 0.3 is 0 Å². The van der Waals surface area contributed by atoms with Gasteiger partial charge < -0.3 is 14.3 Å². The zero-order chi connectivity index (χ0) is 13.0. The predicted molar refractivity (Wildman–Crippen MR) is 77.9 cm³/mol. The fourth-order valence-electron chi connectivity index (χ4n) is 1.89. The Labute approximate surface area is 117 Å². The number of aromatic amines is 1. The quantitative estimate of drug-likeness (QED) is 0.637. The van der Waals surface area contributed by atoms with Gasteiger partial charge in [0, 0.05) is 13.2 Å². The first-order chi connectivity index (χ1) is 8.74. The molecule has 5 heteroatoms. The lowest BCUT2D eigenvalue weighted by molar-refractivity contribution is 0.124. The molecule has 0 fully saturated rings. The van der Waals surface area contributed by atoms with Gasteiger partial charge in [-0.1, -0.05) is 31.0 Å². The van der Waals surface area contributed by atoms with Gasteiger partial charge in [-0.2, -0.15) is 0 Å². The Morgan fingerprint density at radius 2 is 2.22 bits per heavy atom. The maximum Gasteiger partial charge on any atom is 0.178 e. The van der Waals surface area contributed by atoms with Gasteiger partial charge in [-0.05, 0) is 30.8 Å². The highest BCUT2D eigenvalue weighted by Crippen LogP contribution is 2.23. The zero-order valence-electron chi connectivity index (χ0n) is 10.4. The second kappa shape index (κ2) is 6.36. The number of imidazole rings is 1. The minimum absolute atomic E-state index is 0.659. The van der Waals surface area contributed by atoms with Crippen molar-refractivity contribution in [1.82, 2.24) is 9.55 Å². The van der Waals surface area contributed by atoms with Gasteiger partial charge in [0.2, 0.25) is 0 Å². The molecule has 1 aromatic heterocycles. The maximum atomic E-state index is 6.21. The van der Waals surface area contributed by atoms with Gasteiger partial charge in [-0.15, -0.1) is 0 Å². The molecule has 0 saturated heterocycles. The van der Waals surface area contributed by atoms with Crippen LogP contribution < -0.4 is 0 Å². The Kier molecular flexibility index (Phi) is 4.80. The van der Waals surface area contributed by atoms with Crippen molar-refractivity contribution in [2.75, 3.05) is 13.2 Å². The highest BCUT2D eigenvalue weighted by atomic mass is 35.5. The van der Waals surface area contributed by atoms with E-state index in [9.17, 15) is 0 Å². The molecule has 1 aromatic carbocycles. The van der Waals surface area contributed by atoms with Crippen LogP contribution in [0, 0.1) is 4.77 Å². The highest BCUT2D eigenvalue weighted by molar-refractivity contribution is 7.71. The molecule has 0 radical (unpaired) electrons. The van der Waals surface area contributed by atoms with Crippen LogP contribution in [0.1, 0.15) is 19.8 Å². The third-order valence-electron chi connectivity index (χ3n) is 2.84. The van der Waals surface area contributed by atoms with Gasteiger partial charge in [-0.25, -0.2) is 0 Å². The molecule has 0 atom stereocenters. The molecule has 2 rings (SSSR count). The molecular weight excluding hydrogens is 268 g/mol. The fourth-order valence-corrected chi connectivity index (χ4v) is 2.46. The lowest BCUT2D eigenvalue weighted by Gasteiger charge is -2.06. The van der Waals surface area contributed by atoms with Gasteiger partial charge in [0.1, 0.15) is 0 Å². The molecule has 98 valence electrons. The van der Waals surface area contributed by atoms with Gasteiger partial charge in [0.25, 0.3) is 0 Å². The van der Waals surface area contributed by atoms with E-state index in [1.54, 1.807) is 0 Å². The zero-order valence-corrected chi connectivity index (χ0v) is 12.0. The number of hydrogen-bond donors (Lipinski definition) is 1. The van der Waals surface area contributed by atoms with Crippen molar-refractivity contribution in [2.45, 2.75) is 26.3 Å². The summed E-state index contributed by atoms with van der Waals surface area (Å²) < 4.78 is 8.26. The molecular formula is C13H17ClN2OS.